The zero-order valence-electron chi connectivity index (χ0n) is 22.9. The van der Waals surface area contributed by atoms with E-state index < -0.39 is 5.60 Å². The average Bonchev–Trinajstić information content (AvgIpc) is 3.58. The maximum absolute atomic E-state index is 12.6. The van der Waals surface area contributed by atoms with Crippen LogP contribution < -0.4 is 5.73 Å². The Morgan fingerprint density at radius 2 is 1.73 bits per heavy atom. The molecule has 1 aliphatic heterocycles. The molecule has 8 nitrogen and oxygen atoms in total. The monoisotopic (exact) mass is 532 g/mol. The zero-order valence-corrected chi connectivity index (χ0v) is 22.9. The topological polar surface area (TPSA) is 99.2 Å². The van der Waals surface area contributed by atoms with Crippen LogP contribution in [0.4, 0.5) is 10.6 Å². The predicted molar refractivity (Wildman–Crippen MR) is 157 cm³/mol. The number of amides is 1. The molecule has 6 rings (SSSR count). The smallest absolute Gasteiger partial charge is 0.410 e. The first-order chi connectivity index (χ1) is 19.3. The van der Waals surface area contributed by atoms with Gasteiger partial charge in [0, 0.05) is 36.5 Å². The third-order valence-electron chi connectivity index (χ3n) is 7.12. The second-order valence-electron chi connectivity index (χ2n) is 11.1. The van der Waals surface area contributed by atoms with Crippen molar-refractivity contribution in [3.8, 4) is 28.3 Å². The maximum atomic E-state index is 12.6. The molecule has 0 spiro atoms. The molecule has 40 heavy (non-hydrogen) atoms. The standard InChI is InChI=1S/C32H32N6O2/c1-32(2,3)40-31(39)37-19-17-23(20-37)21-11-13-24(14-12-21)38-29(25-10-7-18-34-28(25)33)36-27-16-15-26(35-30(27)38)22-8-5-4-6-9-22/h4-16,18,23H,17,19-20H2,1-3H3,(H2,33,34). The number of carbonyl (C=O) groups is 1. The fourth-order valence-corrected chi connectivity index (χ4v) is 5.18. The highest BCUT2D eigenvalue weighted by atomic mass is 16.6. The van der Waals surface area contributed by atoms with E-state index in [4.69, 9.17) is 20.4 Å². The van der Waals surface area contributed by atoms with Gasteiger partial charge in [0.15, 0.2) is 11.5 Å². The van der Waals surface area contributed by atoms with Crippen molar-refractivity contribution in [1.82, 2.24) is 24.4 Å². The molecule has 0 radical (unpaired) electrons. The summed E-state index contributed by atoms with van der Waals surface area (Å²) in [6.07, 6.45) is 2.32. The third-order valence-corrected chi connectivity index (χ3v) is 7.12. The predicted octanol–water partition coefficient (Wildman–Crippen LogP) is 6.46. The van der Waals surface area contributed by atoms with Crippen LogP contribution in [0.25, 0.3) is 39.5 Å². The molecule has 1 aliphatic rings. The minimum Gasteiger partial charge on any atom is -0.444 e. The summed E-state index contributed by atoms with van der Waals surface area (Å²) in [5.74, 6) is 1.34. The van der Waals surface area contributed by atoms with Crippen LogP contribution in [0.3, 0.4) is 0 Å². The Morgan fingerprint density at radius 3 is 2.45 bits per heavy atom. The highest BCUT2D eigenvalue weighted by molar-refractivity contribution is 5.84. The minimum absolute atomic E-state index is 0.248. The van der Waals surface area contributed by atoms with E-state index in [2.05, 4.69) is 29.2 Å². The van der Waals surface area contributed by atoms with Gasteiger partial charge in [0.1, 0.15) is 16.9 Å². The molecule has 1 unspecified atom stereocenters. The lowest BCUT2D eigenvalue weighted by molar-refractivity contribution is 0.0292. The Balaban J connectivity index is 1.37. The van der Waals surface area contributed by atoms with E-state index in [-0.39, 0.29) is 12.0 Å². The van der Waals surface area contributed by atoms with Crippen LogP contribution in [0.15, 0.2) is 85.1 Å². The van der Waals surface area contributed by atoms with Crippen LogP contribution in [0.2, 0.25) is 0 Å². The van der Waals surface area contributed by atoms with Crippen molar-refractivity contribution in [2.24, 2.45) is 0 Å². The van der Waals surface area contributed by atoms with Crippen molar-refractivity contribution in [3.63, 3.8) is 0 Å². The normalized spacial score (nSPS) is 15.5. The van der Waals surface area contributed by atoms with Gasteiger partial charge in [-0.25, -0.2) is 19.7 Å². The summed E-state index contributed by atoms with van der Waals surface area (Å²) in [7, 11) is 0. The number of pyridine rings is 2. The van der Waals surface area contributed by atoms with Gasteiger partial charge in [-0.3, -0.25) is 4.57 Å². The van der Waals surface area contributed by atoms with Crippen LogP contribution in [0.1, 0.15) is 38.7 Å². The van der Waals surface area contributed by atoms with Crippen molar-refractivity contribution in [1.29, 1.82) is 0 Å². The highest BCUT2D eigenvalue weighted by Gasteiger charge is 2.30. The largest absolute Gasteiger partial charge is 0.444 e. The summed E-state index contributed by atoms with van der Waals surface area (Å²) in [6, 6.07) is 26.3. The van der Waals surface area contributed by atoms with Crippen LogP contribution in [0.5, 0.6) is 0 Å². The summed E-state index contributed by atoms with van der Waals surface area (Å²) in [4.78, 5) is 28.6. The molecule has 5 aromatic rings. The van der Waals surface area contributed by atoms with Gasteiger partial charge in [-0.05, 0) is 69.2 Å². The molecule has 2 aromatic carbocycles. The van der Waals surface area contributed by atoms with Crippen LogP contribution >= 0.6 is 0 Å². The Bertz CT molecular complexity index is 1670. The van der Waals surface area contributed by atoms with E-state index in [1.54, 1.807) is 11.1 Å². The summed E-state index contributed by atoms with van der Waals surface area (Å²) >= 11 is 0. The number of hydrogen-bond donors (Lipinski definition) is 1. The molecule has 1 fully saturated rings. The fourth-order valence-electron chi connectivity index (χ4n) is 5.18. The van der Waals surface area contributed by atoms with Gasteiger partial charge in [0.05, 0.1) is 11.3 Å². The number of fused-ring (bicyclic) bond motifs is 1. The summed E-state index contributed by atoms with van der Waals surface area (Å²) in [5, 5.41) is 0. The average molecular weight is 533 g/mol. The van der Waals surface area contributed by atoms with Crippen LogP contribution in [-0.2, 0) is 4.74 Å². The first-order valence-corrected chi connectivity index (χ1v) is 13.5. The highest BCUT2D eigenvalue weighted by Crippen LogP contribution is 2.33. The summed E-state index contributed by atoms with van der Waals surface area (Å²) < 4.78 is 7.62. The molecule has 2 N–H and O–H groups in total. The van der Waals surface area contributed by atoms with Gasteiger partial charge >= 0.3 is 6.09 Å². The molecule has 1 amide bonds. The molecule has 8 heteroatoms. The molecular formula is C32H32N6O2. The number of ether oxygens (including phenoxy) is 1. The van der Waals surface area contributed by atoms with Gasteiger partial charge in [0.2, 0.25) is 0 Å². The third kappa shape index (κ3) is 5.00. The minimum atomic E-state index is -0.506. The maximum Gasteiger partial charge on any atom is 0.410 e. The molecule has 4 heterocycles. The number of nitrogen functional groups attached to an aromatic ring is 1. The lowest BCUT2D eigenvalue weighted by Gasteiger charge is -2.24. The first-order valence-electron chi connectivity index (χ1n) is 13.5. The first kappa shape index (κ1) is 25.6. The zero-order chi connectivity index (χ0) is 27.9. The van der Waals surface area contributed by atoms with Crippen LogP contribution in [0, 0.1) is 0 Å². The van der Waals surface area contributed by atoms with E-state index in [1.807, 2.05) is 79.9 Å². The van der Waals surface area contributed by atoms with Gasteiger partial charge in [0.25, 0.3) is 0 Å². The number of hydrogen-bond acceptors (Lipinski definition) is 6. The number of benzene rings is 2. The van der Waals surface area contributed by atoms with E-state index in [0.717, 1.165) is 40.1 Å². The van der Waals surface area contributed by atoms with E-state index in [0.29, 0.717) is 24.7 Å². The molecular weight excluding hydrogens is 500 g/mol. The van der Waals surface area contributed by atoms with Crippen molar-refractivity contribution in [2.75, 3.05) is 18.8 Å². The van der Waals surface area contributed by atoms with Crippen molar-refractivity contribution < 1.29 is 9.53 Å². The Morgan fingerprint density at radius 1 is 0.950 bits per heavy atom. The van der Waals surface area contributed by atoms with Gasteiger partial charge in [-0.15, -0.1) is 0 Å². The lowest BCUT2D eigenvalue weighted by atomic mass is 9.98. The van der Waals surface area contributed by atoms with Gasteiger partial charge < -0.3 is 15.4 Å². The van der Waals surface area contributed by atoms with Gasteiger partial charge in [-0.2, -0.15) is 0 Å². The number of anilines is 1. The second-order valence-corrected chi connectivity index (χ2v) is 11.1. The van der Waals surface area contributed by atoms with Gasteiger partial charge in [-0.1, -0.05) is 42.5 Å². The van der Waals surface area contributed by atoms with E-state index in [1.165, 1.54) is 5.56 Å². The Hall–Kier alpha value is -4.72. The quantitative estimate of drug-likeness (QED) is 0.285. The molecule has 0 saturated carbocycles. The number of aromatic nitrogens is 4. The van der Waals surface area contributed by atoms with E-state index in [9.17, 15) is 4.79 Å². The van der Waals surface area contributed by atoms with E-state index >= 15 is 0 Å². The SMILES string of the molecule is CC(C)(C)OC(=O)N1CCC(c2ccc(-n3c(-c4cccnc4N)nc4ccc(-c5ccccc5)nc43)cc2)C1. The number of carbonyl (C=O) groups excluding carboxylic acids is 1. The summed E-state index contributed by atoms with van der Waals surface area (Å²) in [5.41, 5.74) is 12.0. The van der Waals surface area contributed by atoms with Crippen LogP contribution in [-0.4, -0.2) is 49.2 Å². The molecule has 3 aromatic heterocycles. The fraction of sp³-hybridized carbons (Fsp3) is 0.250. The van der Waals surface area contributed by atoms with Crippen molar-refractivity contribution in [3.05, 3.63) is 90.6 Å². The lowest BCUT2D eigenvalue weighted by Crippen LogP contribution is -2.35. The molecule has 1 saturated heterocycles. The molecule has 0 bridgehead atoms. The van der Waals surface area contributed by atoms with Crippen molar-refractivity contribution >= 4 is 23.1 Å². The number of imidazole rings is 1. The number of rotatable bonds is 4. The second kappa shape index (κ2) is 10.1. The Labute approximate surface area is 233 Å². The molecule has 0 aliphatic carbocycles. The number of nitrogens with two attached hydrogens (primary N) is 1. The molecule has 1 atom stereocenters. The molecule has 202 valence electrons. The summed E-state index contributed by atoms with van der Waals surface area (Å²) in [6.45, 7) is 7.00. The number of likely N-dealkylation sites (tertiary alicyclic amines) is 1. The Kier molecular flexibility index (Phi) is 6.46. The number of nitrogens with zero attached hydrogens (tertiary/aromatic N) is 5. The van der Waals surface area contributed by atoms with Crippen molar-refractivity contribution in [2.45, 2.75) is 38.7 Å².